The number of benzene rings is 4. The summed E-state index contributed by atoms with van der Waals surface area (Å²) >= 11 is 0. The molecule has 12 nitrogen and oxygen atoms in total. The molecular weight excluding hydrogens is 674 g/mol. The summed E-state index contributed by atoms with van der Waals surface area (Å²) in [6.45, 7) is 1.53. The third-order valence-corrected chi connectivity index (χ3v) is 10.6. The quantitative estimate of drug-likeness (QED) is 0.169. The number of amides is 2. The molecule has 3 atom stereocenters. The molecule has 0 bridgehead atoms. The van der Waals surface area contributed by atoms with Crippen LogP contribution in [0.15, 0.2) is 77.8 Å². The highest BCUT2D eigenvalue weighted by Crippen LogP contribution is 2.42. The van der Waals surface area contributed by atoms with Gasteiger partial charge in [0.25, 0.3) is 11.8 Å². The van der Waals surface area contributed by atoms with E-state index >= 15 is 0 Å². The summed E-state index contributed by atoms with van der Waals surface area (Å²) in [7, 11) is 3.06. The first-order chi connectivity index (χ1) is 25.9. The third-order valence-electron chi connectivity index (χ3n) is 10.6. The van der Waals surface area contributed by atoms with E-state index in [-0.39, 0.29) is 37.6 Å². The number of hydrogen-bond donors (Lipinski definition) is 2. The van der Waals surface area contributed by atoms with Crippen molar-refractivity contribution in [2.24, 2.45) is 4.99 Å². The molecule has 2 amide bonds. The predicted molar refractivity (Wildman–Crippen MR) is 199 cm³/mol. The number of carbonyl (C=O) groups is 2. The van der Waals surface area contributed by atoms with Crippen LogP contribution < -0.4 is 23.8 Å². The van der Waals surface area contributed by atoms with Gasteiger partial charge in [0.05, 0.1) is 68.6 Å². The molecular formula is C41H41N5O7. The molecule has 8 rings (SSSR count). The zero-order chi connectivity index (χ0) is 36.6. The van der Waals surface area contributed by atoms with Crippen LogP contribution in [0.25, 0.3) is 0 Å². The number of ether oxygens (including phenoxy) is 4. The van der Waals surface area contributed by atoms with Crippen molar-refractivity contribution in [3.8, 4) is 23.0 Å². The van der Waals surface area contributed by atoms with Gasteiger partial charge < -0.3 is 44.2 Å². The van der Waals surface area contributed by atoms with Crippen molar-refractivity contribution < 1.29 is 33.6 Å². The summed E-state index contributed by atoms with van der Waals surface area (Å²) in [6, 6.07) is 22.3. The van der Waals surface area contributed by atoms with Crippen LogP contribution in [0.4, 0.5) is 11.4 Å². The number of aliphatic hydroxyl groups excluding tert-OH is 1. The molecule has 272 valence electrons. The van der Waals surface area contributed by atoms with Crippen molar-refractivity contribution in [3.63, 3.8) is 0 Å². The van der Waals surface area contributed by atoms with Crippen molar-refractivity contribution in [1.82, 2.24) is 9.80 Å². The van der Waals surface area contributed by atoms with E-state index in [0.717, 1.165) is 16.7 Å². The van der Waals surface area contributed by atoms with Gasteiger partial charge in [0.1, 0.15) is 6.23 Å². The molecule has 0 radical (unpaired) electrons. The van der Waals surface area contributed by atoms with E-state index in [4.69, 9.17) is 29.3 Å². The Morgan fingerprint density at radius 3 is 2.02 bits per heavy atom. The molecule has 2 N–H and O–H groups in total. The lowest BCUT2D eigenvalue weighted by molar-refractivity contribution is 0.0320. The highest BCUT2D eigenvalue weighted by atomic mass is 16.5. The van der Waals surface area contributed by atoms with Crippen molar-refractivity contribution >= 4 is 35.6 Å². The van der Waals surface area contributed by atoms with Crippen LogP contribution in [0.2, 0.25) is 0 Å². The molecule has 0 fully saturated rings. The topological polar surface area (TPSA) is 137 Å². The molecule has 53 heavy (non-hydrogen) atoms. The maximum absolute atomic E-state index is 14.1. The van der Waals surface area contributed by atoms with Gasteiger partial charge in [-0.05, 0) is 47.2 Å². The Balaban J connectivity index is 0.969. The molecule has 0 saturated heterocycles. The normalized spacial score (nSPS) is 19.8. The summed E-state index contributed by atoms with van der Waals surface area (Å²) in [5.74, 6) is 1.37. The fourth-order valence-corrected chi connectivity index (χ4v) is 7.82. The SMILES string of the molecule is COc1cc2c(cc1OCCCOc1cc3c(cc1OC)C(=O)N1Cc4ccccc4CC1C(O)N3CC=N)N=CC1Cc3ccccc3CN1C2=O. The second-order valence-electron chi connectivity index (χ2n) is 13.6. The zero-order valence-electron chi connectivity index (χ0n) is 29.7. The highest BCUT2D eigenvalue weighted by Gasteiger charge is 2.42. The maximum Gasteiger partial charge on any atom is 0.257 e. The Morgan fingerprint density at radius 1 is 0.774 bits per heavy atom. The molecule has 4 aliphatic heterocycles. The molecule has 12 heteroatoms. The van der Waals surface area contributed by atoms with E-state index < -0.39 is 12.3 Å². The number of fused-ring (bicyclic) bond motifs is 6. The summed E-state index contributed by atoms with van der Waals surface area (Å²) in [4.78, 5) is 37.8. The maximum atomic E-state index is 14.1. The lowest BCUT2D eigenvalue weighted by atomic mass is 9.92. The second-order valence-corrected chi connectivity index (χ2v) is 13.6. The number of rotatable bonds is 10. The van der Waals surface area contributed by atoms with Crippen molar-refractivity contribution in [2.75, 3.05) is 38.9 Å². The fraction of sp³-hybridized carbons (Fsp3) is 0.317. The first-order valence-electron chi connectivity index (χ1n) is 17.8. The number of anilines is 1. The average molecular weight is 716 g/mol. The Kier molecular flexibility index (Phi) is 9.21. The van der Waals surface area contributed by atoms with Gasteiger partial charge >= 0.3 is 0 Å². The van der Waals surface area contributed by atoms with Gasteiger partial charge in [0, 0.05) is 44.1 Å². The van der Waals surface area contributed by atoms with Crippen LogP contribution in [0.5, 0.6) is 23.0 Å². The minimum atomic E-state index is -1.04. The molecule has 3 unspecified atom stereocenters. The molecule has 4 aromatic carbocycles. The van der Waals surface area contributed by atoms with E-state index in [9.17, 15) is 14.7 Å². The zero-order valence-corrected chi connectivity index (χ0v) is 29.7. The number of carbonyl (C=O) groups excluding carboxylic acids is 2. The fourth-order valence-electron chi connectivity index (χ4n) is 7.82. The molecule has 0 aromatic heterocycles. The van der Waals surface area contributed by atoms with Crippen molar-refractivity contribution in [3.05, 3.63) is 106 Å². The molecule has 0 spiro atoms. The number of nitrogens with zero attached hydrogens (tertiary/aromatic N) is 4. The van der Waals surface area contributed by atoms with E-state index in [2.05, 4.69) is 12.1 Å². The molecule has 0 aliphatic carbocycles. The van der Waals surface area contributed by atoms with E-state index in [0.29, 0.717) is 77.9 Å². The van der Waals surface area contributed by atoms with Crippen LogP contribution in [0.3, 0.4) is 0 Å². The van der Waals surface area contributed by atoms with Crippen LogP contribution in [-0.2, 0) is 25.9 Å². The average Bonchev–Trinajstić information content (AvgIpc) is 3.36. The summed E-state index contributed by atoms with van der Waals surface area (Å²) < 4.78 is 23.7. The van der Waals surface area contributed by atoms with Gasteiger partial charge in [0.2, 0.25) is 0 Å². The van der Waals surface area contributed by atoms with E-state index in [1.54, 1.807) is 41.2 Å². The molecule has 4 heterocycles. The largest absolute Gasteiger partial charge is 0.493 e. The summed E-state index contributed by atoms with van der Waals surface area (Å²) in [6.07, 6.45) is 3.71. The minimum absolute atomic E-state index is 0.0978. The number of hydrogen-bond acceptors (Lipinski definition) is 10. The molecule has 4 aliphatic rings. The lowest BCUT2D eigenvalue weighted by Crippen LogP contribution is -2.54. The van der Waals surface area contributed by atoms with E-state index in [1.165, 1.54) is 18.9 Å². The highest BCUT2D eigenvalue weighted by molar-refractivity contribution is 6.04. The Hall–Kier alpha value is -5.88. The Bertz CT molecular complexity index is 2120. The van der Waals surface area contributed by atoms with Crippen LogP contribution in [0, 0.1) is 5.41 Å². The Labute approximate surface area is 307 Å². The predicted octanol–water partition coefficient (Wildman–Crippen LogP) is 5.19. The van der Waals surface area contributed by atoms with Gasteiger partial charge in [-0.1, -0.05) is 48.5 Å². The minimum Gasteiger partial charge on any atom is -0.493 e. The second kappa shape index (κ2) is 14.3. The molecule has 0 saturated carbocycles. The molecule has 4 aromatic rings. The lowest BCUT2D eigenvalue weighted by Gasteiger charge is -2.40. The third kappa shape index (κ3) is 6.22. The van der Waals surface area contributed by atoms with Crippen LogP contribution in [-0.4, -0.2) is 91.4 Å². The first-order valence-corrected chi connectivity index (χ1v) is 17.8. The smallest absolute Gasteiger partial charge is 0.257 e. The summed E-state index contributed by atoms with van der Waals surface area (Å²) in [5.41, 5.74) is 6.35. The van der Waals surface area contributed by atoms with Crippen molar-refractivity contribution in [2.45, 2.75) is 50.7 Å². The first kappa shape index (κ1) is 34.2. The van der Waals surface area contributed by atoms with E-state index in [1.807, 2.05) is 47.5 Å². The van der Waals surface area contributed by atoms with Crippen LogP contribution in [0.1, 0.15) is 49.4 Å². The van der Waals surface area contributed by atoms with Gasteiger partial charge in [-0.15, -0.1) is 0 Å². The van der Waals surface area contributed by atoms with Crippen molar-refractivity contribution in [1.29, 1.82) is 5.41 Å². The summed E-state index contributed by atoms with van der Waals surface area (Å²) in [5, 5.41) is 19.6. The monoisotopic (exact) mass is 715 g/mol. The number of aliphatic imine (C=N–C) groups is 1. The van der Waals surface area contributed by atoms with Gasteiger partial charge in [-0.25, -0.2) is 0 Å². The van der Waals surface area contributed by atoms with Gasteiger partial charge in [-0.3, -0.25) is 14.6 Å². The standard InChI is InChI=1S/C41H41N5O7/c1-50-35-18-30-32(43-22-29-16-25-8-3-5-10-27(25)23-45(29)39(30)47)20-37(35)52-14-7-15-53-38-21-33-31(19-36(38)51-2)40(48)46-24-28-11-6-4-9-26(28)17-34(46)41(49)44(33)13-12-42/h3-6,8-12,18-22,29,34,41-42,49H,7,13-17,23-24H2,1-2H3. The number of nitrogens with one attached hydrogen (secondary N) is 1. The number of aliphatic hydroxyl groups is 1. The van der Waals surface area contributed by atoms with Gasteiger partial charge in [-0.2, -0.15) is 0 Å². The van der Waals surface area contributed by atoms with Gasteiger partial charge in [0.15, 0.2) is 23.0 Å². The Morgan fingerprint density at radius 2 is 1.36 bits per heavy atom. The number of methoxy groups -OCH3 is 2. The van der Waals surface area contributed by atoms with Crippen LogP contribution >= 0.6 is 0 Å².